The average molecular weight is 237 g/mol. The molecule has 1 fully saturated rings. The van der Waals surface area contributed by atoms with Gasteiger partial charge in [0.15, 0.2) is 0 Å². The molecule has 2 aromatic rings. The fraction of sp³-hybridized carbons (Fsp3) is 0.250. The lowest BCUT2D eigenvalue weighted by molar-refractivity contribution is 0.628. The van der Waals surface area contributed by atoms with Gasteiger partial charge < -0.3 is 4.98 Å². The molecule has 0 aliphatic heterocycles. The third-order valence-electron chi connectivity index (χ3n) is 2.80. The zero-order chi connectivity index (χ0) is 11.1. The largest absolute Gasteiger partial charge is 0.342 e. The third kappa shape index (κ3) is 1.71. The van der Waals surface area contributed by atoms with Crippen LogP contribution in [-0.2, 0) is 0 Å². The normalized spacial score (nSPS) is 15.4. The minimum absolute atomic E-state index is 0.302. The maximum absolute atomic E-state index is 13.1. The lowest BCUT2D eigenvalue weighted by atomic mass is 10.2. The maximum Gasteiger partial charge on any atom is 0.139 e. The van der Waals surface area contributed by atoms with Crippen LogP contribution in [0.2, 0.25) is 5.02 Å². The highest BCUT2D eigenvalue weighted by atomic mass is 35.5. The average Bonchev–Trinajstić information content (AvgIpc) is 3.01. The number of aromatic nitrogens is 2. The molecule has 0 spiro atoms. The van der Waals surface area contributed by atoms with Crippen molar-refractivity contribution >= 4 is 11.6 Å². The highest BCUT2D eigenvalue weighted by Gasteiger charge is 2.25. The molecule has 0 saturated heterocycles. The minimum Gasteiger partial charge on any atom is -0.342 e. The Kier molecular flexibility index (Phi) is 2.21. The lowest BCUT2D eigenvalue weighted by Gasteiger charge is -2.00. The van der Waals surface area contributed by atoms with Gasteiger partial charge in [0, 0.05) is 23.4 Å². The molecule has 2 nitrogen and oxygen atoms in total. The topological polar surface area (TPSA) is 28.7 Å². The second-order valence-corrected chi connectivity index (χ2v) is 4.49. The summed E-state index contributed by atoms with van der Waals surface area (Å²) in [7, 11) is 0. The number of nitrogens with zero attached hydrogens (tertiary/aromatic N) is 1. The second kappa shape index (κ2) is 3.59. The standard InChI is InChI=1S/C12H10ClFN2/c13-10-4-3-8(14)5-9(10)12-15-6-11(16-12)7-1-2-7/h3-7H,1-2H2,(H,15,16). The first kappa shape index (κ1) is 9.85. The van der Waals surface area contributed by atoms with E-state index in [9.17, 15) is 4.39 Å². The van der Waals surface area contributed by atoms with Crippen molar-refractivity contribution in [1.82, 2.24) is 9.97 Å². The Morgan fingerprint density at radius 3 is 2.94 bits per heavy atom. The van der Waals surface area contributed by atoms with Gasteiger partial charge in [0.05, 0.1) is 5.02 Å². The van der Waals surface area contributed by atoms with Crippen LogP contribution in [-0.4, -0.2) is 9.97 Å². The van der Waals surface area contributed by atoms with Crippen LogP contribution in [0, 0.1) is 5.82 Å². The number of hydrogen-bond acceptors (Lipinski definition) is 1. The highest BCUT2D eigenvalue weighted by Crippen LogP contribution is 2.40. The van der Waals surface area contributed by atoms with Crippen molar-refractivity contribution < 1.29 is 4.39 Å². The molecule has 1 aromatic carbocycles. The molecule has 1 N–H and O–H groups in total. The van der Waals surface area contributed by atoms with Gasteiger partial charge in [0.25, 0.3) is 0 Å². The Hall–Kier alpha value is -1.35. The quantitative estimate of drug-likeness (QED) is 0.845. The summed E-state index contributed by atoms with van der Waals surface area (Å²) in [5, 5.41) is 0.512. The SMILES string of the molecule is Fc1ccc(Cl)c(-c2ncc(C3CC3)[nH]2)c1. The van der Waals surface area contributed by atoms with Crippen LogP contribution in [0.15, 0.2) is 24.4 Å². The van der Waals surface area contributed by atoms with E-state index in [1.54, 1.807) is 6.07 Å². The molecule has 0 atom stereocenters. The second-order valence-electron chi connectivity index (χ2n) is 4.09. The van der Waals surface area contributed by atoms with E-state index in [0.717, 1.165) is 5.69 Å². The smallest absolute Gasteiger partial charge is 0.139 e. The summed E-state index contributed by atoms with van der Waals surface area (Å²) in [6, 6.07) is 4.29. The van der Waals surface area contributed by atoms with E-state index >= 15 is 0 Å². The number of halogens is 2. The van der Waals surface area contributed by atoms with E-state index in [1.807, 2.05) is 6.20 Å². The van der Waals surface area contributed by atoms with E-state index < -0.39 is 0 Å². The molecule has 1 aliphatic rings. The van der Waals surface area contributed by atoms with Crippen molar-refractivity contribution in [3.05, 3.63) is 40.9 Å². The van der Waals surface area contributed by atoms with Gasteiger partial charge in [-0.2, -0.15) is 0 Å². The molecule has 1 saturated carbocycles. The molecule has 1 heterocycles. The van der Waals surface area contributed by atoms with E-state index in [2.05, 4.69) is 9.97 Å². The molecule has 0 unspecified atom stereocenters. The first-order valence-corrected chi connectivity index (χ1v) is 5.62. The van der Waals surface area contributed by atoms with Gasteiger partial charge in [0.2, 0.25) is 0 Å². The maximum atomic E-state index is 13.1. The summed E-state index contributed by atoms with van der Waals surface area (Å²) in [6.45, 7) is 0. The molecular formula is C12H10ClFN2. The molecular weight excluding hydrogens is 227 g/mol. The van der Waals surface area contributed by atoms with E-state index in [0.29, 0.717) is 22.3 Å². The van der Waals surface area contributed by atoms with Crippen molar-refractivity contribution in [3.8, 4) is 11.4 Å². The molecule has 16 heavy (non-hydrogen) atoms. The molecule has 0 radical (unpaired) electrons. The van der Waals surface area contributed by atoms with Crippen LogP contribution in [0.3, 0.4) is 0 Å². The van der Waals surface area contributed by atoms with Gasteiger partial charge in [-0.25, -0.2) is 9.37 Å². The first-order chi connectivity index (χ1) is 7.74. The Bertz CT molecular complexity index is 532. The number of benzene rings is 1. The Labute approximate surface area is 97.5 Å². The van der Waals surface area contributed by atoms with Crippen LogP contribution in [0.1, 0.15) is 24.5 Å². The molecule has 0 bridgehead atoms. The summed E-state index contributed by atoms with van der Waals surface area (Å²) in [4.78, 5) is 7.44. The summed E-state index contributed by atoms with van der Waals surface area (Å²) < 4.78 is 13.1. The third-order valence-corrected chi connectivity index (χ3v) is 3.13. The van der Waals surface area contributed by atoms with Gasteiger partial charge in [-0.15, -0.1) is 0 Å². The number of rotatable bonds is 2. The van der Waals surface area contributed by atoms with Crippen LogP contribution in [0.5, 0.6) is 0 Å². The molecule has 1 aliphatic carbocycles. The van der Waals surface area contributed by atoms with Crippen molar-refractivity contribution in [3.63, 3.8) is 0 Å². The van der Waals surface area contributed by atoms with Crippen LogP contribution in [0.4, 0.5) is 4.39 Å². The fourth-order valence-electron chi connectivity index (χ4n) is 1.75. The van der Waals surface area contributed by atoms with Crippen LogP contribution >= 0.6 is 11.6 Å². The van der Waals surface area contributed by atoms with Crippen molar-refractivity contribution in [1.29, 1.82) is 0 Å². The van der Waals surface area contributed by atoms with E-state index in [1.165, 1.54) is 25.0 Å². The Morgan fingerprint density at radius 2 is 2.19 bits per heavy atom. The van der Waals surface area contributed by atoms with Gasteiger partial charge in [0.1, 0.15) is 11.6 Å². The summed E-state index contributed by atoms with van der Waals surface area (Å²) in [5.74, 6) is 0.948. The zero-order valence-corrected chi connectivity index (χ0v) is 9.26. The van der Waals surface area contributed by atoms with Gasteiger partial charge >= 0.3 is 0 Å². The summed E-state index contributed by atoms with van der Waals surface area (Å²) in [5.41, 5.74) is 1.74. The van der Waals surface area contributed by atoms with E-state index in [-0.39, 0.29) is 5.82 Å². The van der Waals surface area contributed by atoms with Gasteiger partial charge in [-0.1, -0.05) is 11.6 Å². The van der Waals surface area contributed by atoms with Crippen LogP contribution in [0.25, 0.3) is 11.4 Å². The molecule has 4 heteroatoms. The number of nitrogens with one attached hydrogen (secondary N) is 1. The molecule has 3 rings (SSSR count). The lowest BCUT2D eigenvalue weighted by Crippen LogP contribution is -1.85. The minimum atomic E-state index is -0.302. The predicted octanol–water partition coefficient (Wildman–Crippen LogP) is 3.75. The van der Waals surface area contributed by atoms with Crippen molar-refractivity contribution in [2.75, 3.05) is 0 Å². The first-order valence-electron chi connectivity index (χ1n) is 5.24. The monoisotopic (exact) mass is 236 g/mol. The number of H-pyrrole nitrogens is 1. The van der Waals surface area contributed by atoms with Gasteiger partial charge in [-0.05, 0) is 31.0 Å². The predicted molar refractivity (Wildman–Crippen MR) is 61.0 cm³/mol. The number of hydrogen-bond donors (Lipinski definition) is 1. The highest BCUT2D eigenvalue weighted by molar-refractivity contribution is 6.33. The van der Waals surface area contributed by atoms with Gasteiger partial charge in [-0.3, -0.25) is 0 Å². The van der Waals surface area contributed by atoms with E-state index in [4.69, 9.17) is 11.6 Å². The zero-order valence-electron chi connectivity index (χ0n) is 8.50. The fourth-order valence-corrected chi connectivity index (χ4v) is 1.96. The summed E-state index contributed by atoms with van der Waals surface area (Å²) in [6.07, 6.45) is 4.23. The number of imidazole rings is 1. The Morgan fingerprint density at radius 1 is 1.38 bits per heavy atom. The van der Waals surface area contributed by atoms with Crippen molar-refractivity contribution in [2.45, 2.75) is 18.8 Å². The molecule has 0 amide bonds. The summed E-state index contributed by atoms with van der Waals surface area (Å²) >= 11 is 6.01. The molecule has 82 valence electrons. The van der Waals surface area contributed by atoms with Crippen molar-refractivity contribution in [2.24, 2.45) is 0 Å². The Balaban J connectivity index is 2.03. The molecule has 1 aromatic heterocycles. The number of aromatic amines is 1. The van der Waals surface area contributed by atoms with Crippen LogP contribution < -0.4 is 0 Å².